The highest BCUT2D eigenvalue weighted by molar-refractivity contribution is 6.09. The van der Waals surface area contributed by atoms with Crippen LogP contribution in [-0.4, -0.2) is 56.3 Å². The molecule has 3 rings (SSSR count). The molecule has 1 atom stereocenters. The fourth-order valence-electron chi connectivity index (χ4n) is 2.89. The summed E-state index contributed by atoms with van der Waals surface area (Å²) >= 11 is 0. The first-order chi connectivity index (χ1) is 12.5. The van der Waals surface area contributed by atoms with E-state index in [4.69, 9.17) is 14.2 Å². The van der Waals surface area contributed by atoms with Crippen LogP contribution in [0.5, 0.6) is 11.5 Å². The third-order valence-corrected chi connectivity index (χ3v) is 4.37. The van der Waals surface area contributed by atoms with Crippen LogP contribution >= 0.6 is 0 Å². The Kier molecular flexibility index (Phi) is 4.99. The van der Waals surface area contributed by atoms with Gasteiger partial charge in [0.15, 0.2) is 11.5 Å². The van der Waals surface area contributed by atoms with Crippen LogP contribution < -0.4 is 20.1 Å². The third-order valence-electron chi connectivity index (χ3n) is 4.37. The topological polar surface area (TPSA) is 106 Å². The molecular weight excluding hydrogens is 342 g/mol. The smallest absolute Gasteiger partial charge is 0.325 e. The number of ether oxygens (including phenoxy) is 3. The molecule has 0 radical (unpaired) electrons. The Bertz CT molecular complexity index is 737. The van der Waals surface area contributed by atoms with Gasteiger partial charge in [-0.15, -0.1) is 0 Å². The quantitative estimate of drug-likeness (QED) is 0.534. The van der Waals surface area contributed by atoms with Gasteiger partial charge in [0, 0.05) is 20.3 Å². The van der Waals surface area contributed by atoms with Crippen molar-refractivity contribution in [3.8, 4) is 11.5 Å². The summed E-state index contributed by atoms with van der Waals surface area (Å²) < 4.78 is 15.5. The first-order valence-electron chi connectivity index (χ1n) is 8.25. The Labute approximate surface area is 150 Å². The van der Waals surface area contributed by atoms with E-state index >= 15 is 0 Å². The minimum atomic E-state index is -1.27. The lowest BCUT2D eigenvalue weighted by atomic mass is 9.91. The molecule has 1 aromatic rings. The standard InChI is InChI=1S/C17H21N3O6/c1-17(11-4-5-12-13(8-11)26-10-25-12)15(22)20(16(23)19-17)9-14(21)18-6-3-7-24-2/h4-5,8H,3,6-7,9-10H2,1-2H3,(H,18,21)(H,19,23)/t17-/m1/s1. The second-order valence-corrected chi connectivity index (χ2v) is 6.21. The third kappa shape index (κ3) is 3.30. The van der Waals surface area contributed by atoms with Crippen molar-refractivity contribution in [1.29, 1.82) is 0 Å². The number of urea groups is 1. The van der Waals surface area contributed by atoms with Gasteiger partial charge in [0.1, 0.15) is 12.1 Å². The molecule has 0 aromatic heterocycles. The molecule has 1 aromatic carbocycles. The van der Waals surface area contributed by atoms with Gasteiger partial charge in [0.25, 0.3) is 5.91 Å². The number of hydrogen-bond acceptors (Lipinski definition) is 6. The van der Waals surface area contributed by atoms with Gasteiger partial charge >= 0.3 is 6.03 Å². The zero-order valence-corrected chi connectivity index (χ0v) is 14.7. The average Bonchev–Trinajstić information content (AvgIpc) is 3.17. The van der Waals surface area contributed by atoms with Crippen molar-refractivity contribution in [3.63, 3.8) is 0 Å². The Morgan fingerprint density at radius 3 is 2.88 bits per heavy atom. The zero-order valence-electron chi connectivity index (χ0n) is 14.7. The molecule has 2 N–H and O–H groups in total. The van der Waals surface area contributed by atoms with Crippen molar-refractivity contribution in [2.45, 2.75) is 18.9 Å². The summed E-state index contributed by atoms with van der Waals surface area (Å²) in [6, 6.07) is 4.43. The van der Waals surface area contributed by atoms with Crippen LogP contribution in [0.1, 0.15) is 18.9 Å². The minimum absolute atomic E-state index is 0.116. The number of rotatable bonds is 7. The maximum absolute atomic E-state index is 12.8. The maximum atomic E-state index is 12.8. The molecule has 26 heavy (non-hydrogen) atoms. The molecule has 1 saturated heterocycles. The molecule has 9 heteroatoms. The second-order valence-electron chi connectivity index (χ2n) is 6.21. The molecule has 0 aliphatic carbocycles. The van der Waals surface area contributed by atoms with Crippen molar-refractivity contribution in [3.05, 3.63) is 23.8 Å². The van der Waals surface area contributed by atoms with E-state index in [9.17, 15) is 14.4 Å². The lowest BCUT2D eigenvalue weighted by Gasteiger charge is -2.22. The number of carbonyl (C=O) groups excluding carboxylic acids is 3. The number of hydrogen-bond donors (Lipinski definition) is 2. The summed E-state index contributed by atoms with van der Waals surface area (Å²) in [4.78, 5) is 38.0. The Morgan fingerprint density at radius 1 is 1.35 bits per heavy atom. The number of nitrogens with zero attached hydrogens (tertiary/aromatic N) is 1. The Hall–Kier alpha value is -2.81. The fourth-order valence-corrected chi connectivity index (χ4v) is 2.89. The summed E-state index contributed by atoms with van der Waals surface area (Å²) in [5, 5.41) is 5.32. The molecule has 140 valence electrons. The maximum Gasteiger partial charge on any atom is 0.325 e. The van der Waals surface area contributed by atoms with Crippen LogP contribution in [-0.2, 0) is 19.9 Å². The molecule has 2 aliphatic heterocycles. The van der Waals surface area contributed by atoms with Crippen molar-refractivity contribution in [1.82, 2.24) is 15.5 Å². The Morgan fingerprint density at radius 2 is 2.12 bits per heavy atom. The van der Waals surface area contributed by atoms with Crippen LogP contribution in [0.15, 0.2) is 18.2 Å². The summed E-state index contributed by atoms with van der Waals surface area (Å²) in [7, 11) is 1.58. The predicted molar refractivity (Wildman–Crippen MR) is 89.7 cm³/mol. The predicted octanol–water partition coefficient (Wildman–Crippen LogP) is 0.335. The monoisotopic (exact) mass is 363 g/mol. The Balaban J connectivity index is 1.69. The van der Waals surface area contributed by atoms with Gasteiger partial charge in [0.2, 0.25) is 12.7 Å². The number of benzene rings is 1. The van der Waals surface area contributed by atoms with Crippen LogP contribution in [0.3, 0.4) is 0 Å². The number of methoxy groups -OCH3 is 1. The lowest BCUT2D eigenvalue weighted by molar-refractivity contribution is -0.134. The molecule has 0 saturated carbocycles. The van der Waals surface area contributed by atoms with E-state index in [2.05, 4.69) is 10.6 Å². The van der Waals surface area contributed by atoms with E-state index in [-0.39, 0.29) is 13.3 Å². The largest absolute Gasteiger partial charge is 0.454 e. The van der Waals surface area contributed by atoms with Gasteiger partial charge < -0.3 is 24.8 Å². The van der Waals surface area contributed by atoms with E-state index in [1.165, 1.54) is 0 Å². The van der Waals surface area contributed by atoms with E-state index < -0.39 is 23.4 Å². The summed E-state index contributed by atoms with van der Waals surface area (Å²) in [6.07, 6.45) is 0.650. The van der Waals surface area contributed by atoms with Gasteiger partial charge in [-0.05, 0) is 31.0 Å². The van der Waals surface area contributed by atoms with Crippen molar-refractivity contribution >= 4 is 17.8 Å². The number of amides is 4. The van der Waals surface area contributed by atoms with Crippen molar-refractivity contribution in [2.24, 2.45) is 0 Å². The van der Waals surface area contributed by atoms with Crippen LogP contribution in [0, 0.1) is 0 Å². The van der Waals surface area contributed by atoms with E-state index in [0.29, 0.717) is 36.6 Å². The van der Waals surface area contributed by atoms with Gasteiger partial charge in [-0.1, -0.05) is 6.07 Å². The van der Waals surface area contributed by atoms with E-state index in [1.54, 1.807) is 32.2 Å². The molecule has 2 heterocycles. The summed E-state index contributed by atoms with van der Waals surface area (Å²) in [6.45, 7) is 2.31. The molecule has 9 nitrogen and oxygen atoms in total. The number of nitrogens with one attached hydrogen (secondary N) is 2. The summed E-state index contributed by atoms with van der Waals surface area (Å²) in [5.41, 5.74) is -0.711. The highest BCUT2D eigenvalue weighted by Crippen LogP contribution is 2.37. The average molecular weight is 363 g/mol. The fraction of sp³-hybridized carbons (Fsp3) is 0.471. The zero-order chi connectivity index (χ0) is 18.7. The van der Waals surface area contributed by atoms with Crippen LogP contribution in [0.4, 0.5) is 4.79 Å². The van der Waals surface area contributed by atoms with Crippen molar-refractivity contribution in [2.75, 3.05) is 33.6 Å². The van der Waals surface area contributed by atoms with Crippen LogP contribution in [0.2, 0.25) is 0 Å². The number of fused-ring (bicyclic) bond motifs is 1. The molecule has 1 fully saturated rings. The van der Waals surface area contributed by atoms with Gasteiger partial charge in [0.05, 0.1) is 0 Å². The van der Waals surface area contributed by atoms with Gasteiger partial charge in [-0.25, -0.2) is 4.79 Å². The first kappa shape index (κ1) is 18.0. The second kappa shape index (κ2) is 7.20. The van der Waals surface area contributed by atoms with Crippen molar-refractivity contribution < 1.29 is 28.6 Å². The van der Waals surface area contributed by atoms with Gasteiger partial charge in [-0.2, -0.15) is 0 Å². The van der Waals surface area contributed by atoms with E-state index in [1.807, 2.05) is 0 Å². The summed E-state index contributed by atoms with van der Waals surface area (Å²) in [5.74, 6) is 0.203. The molecule has 4 amide bonds. The molecule has 0 unspecified atom stereocenters. The minimum Gasteiger partial charge on any atom is -0.454 e. The normalized spacial score (nSPS) is 21.1. The SMILES string of the molecule is COCCCNC(=O)CN1C(=O)N[C@](C)(c2ccc3c(c2)OCO3)C1=O. The molecular formula is C17H21N3O6. The molecule has 0 bridgehead atoms. The molecule has 0 spiro atoms. The first-order valence-corrected chi connectivity index (χ1v) is 8.25. The van der Waals surface area contributed by atoms with Gasteiger partial charge in [-0.3, -0.25) is 14.5 Å². The van der Waals surface area contributed by atoms with Crippen LogP contribution in [0.25, 0.3) is 0 Å². The number of imide groups is 1. The highest BCUT2D eigenvalue weighted by Gasteiger charge is 2.49. The molecule has 2 aliphatic rings. The highest BCUT2D eigenvalue weighted by atomic mass is 16.7. The lowest BCUT2D eigenvalue weighted by Crippen LogP contribution is -2.43. The number of carbonyl (C=O) groups is 3. The van der Waals surface area contributed by atoms with E-state index in [0.717, 1.165) is 4.90 Å².